The molecule has 0 fully saturated rings. The van der Waals surface area contributed by atoms with Crippen molar-refractivity contribution in [2.75, 3.05) is 19.8 Å². The molecule has 0 aliphatic carbocycles. The van der Waals surface area contributed by atoms with Gasteiger partial charge in [-0.2, -0.15) is 0 Å². The van der Waals surface area contributed by atoms with E-state index in [1.165, 1.54) is 0 Å². The smallest absolute Gasteiger partial charge is 0.305 e. The van der Waals surface area contributed by atoms with Crippen molar-refractivity contribution < 1.29 is 16.0 Å². The summed E-state index contributed by atoms with van der Waals surface area (Å²) in [7, 11) is 0. The van der Waals surface area contributed by atoms with Gasteiger partial charge in [0.2, 0.25) is 0 Å². The van der Waals surface area contributed by atoms with Crippen molar-refractivity contribution in [1.29, 1.82) is 0 Å². The van der Waals surface area contributed by atoms with E-state index in [0.717, 1.165) is 0 Å². The second-order valence-corrected chi connectivity index (χ2v) is 1.51. The average molecular weight is 134 g/mol. The minimum absolute atomic E-state index is 0.0258. The summed E-state index contributed by atoms with van der Waals surface area (Å²) in [6.07, 6.45) is 0.0258. The standard InChI is InChI=1S/C5H11NO3/c6-2-4-9-3-1-5(7)8/h1-4,6H2,(H,7,8)/i/hD. The molecule has 0 rings (SSSR count). The summed E-state index contributed by atoms with van der Waals surface area (Å²) in [5, 5.41) is 8.14. The molecule has 0 aromatic heterocycles. The van der Waals surface area contributed by atoms with Gasteiger partial charge >= 0.3 is 5.97 Å². The van der Waals surface area contributed by atoms with Crippen LogP contribution in [0.2, 0.25) is 1.41 Å². The van der Waals surface area contributed by atoms with E-state index >= 15 is 0 Å². The van der Waals surface area contributed by atoms with Gasteiger partial charge < -0.3 is 15.6 Å². The molecule has 0 aromatic rings. The van der Waals surface area contributed by atoms with Gasteiger partial charge in [0, 0.05) is 6.54 Å². The van der Waals surface area contributed by atoms with Gasteiger partial charge in [-0.25, -0.2) is 0 Å². The first-order valence-electron chi connectivity index (χ1n) is 3.21. The first kappa shape index (κ1) is 6.51. The Bertz CT molecular complexity index is 98.9. The van der Waals surface area contributed by atoms with Crippen LogP contribution in [-0.4, -0.2) is 30.8 Å². The summed E-state index contributed by atoms with van der Waals surface area (Å²) in [5.41, 5.74) is 2.13. The van der Waals surface area contributed by atoms with Gasteiger partial charge in [-0.15, -0.1) is 0 Å². The Kier molecular flexibility index (Phi) is 4.00. The minimum atomic E-state index is -0.862. The monoisotopic (exact) mass is 134 g/mol. The fourth-order valence-corrected chi connectivity index (χ4v) is 0.334. The van der Waals surface area contributed by atoms with Crippen LogP contribution >= 0.6 is 0 Å². The Balaban J connectivity index is 2.84. The summed E-state index contributed by atoms with van der Waals surface area (Å²) < 4.78 is 11.3. The van der Waals surface area contributed by atoms with Crippen LogP contribution in [0.15, 0.2) is 0 Å². The van der Waals surface area contributed by atoms with Crippen molar-refractivity contribution >= 4 is 5.97 Å². The number of rotatable bonds is 6. The number of nitrogens with two attached hydrogens (primary N) is 1. The zero-order valence-electron chi connectivity index (χ0n) is 6.09. The van der Waals surface area contributed by atoms with E-state index in [9.17, 15) is 4.79 Å². The van der Waals surface area contributed by atoms with E-state index in [1.54, 1.807) is 0 Å². The van der Waals surface area contributed by atoms with Crippen LogP contribution in [0.3, 0.4) is 0 Å². The lowest BCUT2D eigenvalue weighted by Gasteiger charge is -1.96. The van der Waals surface area contributed by atoms with Crippen molar-refractivity contribution in [3.8, 4) is 0 Å². The second kappa shape index (κ2) is 5.53. The topological polar surface area (TPSA) is 72.5 Å². The van der Waals surface area contributed by atoms with E-state index < -0.39 is 5.97 Å². The van der Waals surface area contributed by atoms with E-state index in [2.05, 4.69) is 5.73 Å². The molecule has 0 atom stereocenters. The summed E-state index contributed by atoms with van der Waals surface area (Å²) >= 11 is 0. The maximum atomic E-state index is 9.90. The van der Waals surface area contributed by atoms with Crippen LogP contribution in [-0.2, 0) is 9.53 Å². The molecule has 0 unspecified atom stereocenters. The Labute approximate surface area is 55.1 Å². The molecule has 0 radical (unpaired) electrons. The quantitative estimate of drug-likeness (QED) is 0.477. The molecular weight excluding hydrogens is 122 g/mol. The summed E-state index contributed by atoms with van der Waals surface area (Å²) in [5.74, 6) is -0.862. The van der Waals surface area contributed by atoms with Crippen LogP contribution < -0.4 is 5.73 Å². The van der Waals surface area contributed by atoms with E-state index in [0.29, 0.717) is 13.2 Å². The van der Waals surface area contributed by atoms with Gasteiger partial charge in [0.25, 0.3) is 0 Å². The van der Waals surface area contributed by atoms with Gasteiger partial charge in [-0.1, -0.05) is 0 Å². The Morgan fingerprint density at radius 1 is 1.78 bits per heavy atom. The van der Waals surface area contributed by atoms with Crippen molar-refractivity contribution in [2.24, 2.45) is 5.73 Å². The number of hydrogen-bond acceptors (Lipinski definition) is 3. The highest BCUT2D eigenvalue weighted by Crippen LogP contribution is 1.80. The van der Waals surface area contributed by atoms with Crippen LogP contribution in [0.1, 0.15) is 6.42 Å². The van der Waals surface area contributed by atoms with Crippen LogP contribution in [0.5, 0.6) is 0 Å². The van der Waals surface area contributed by atoms with Crippen molar-refractivity contribution in [3.05, 3.63) is 0 Å². The number of carboxylic acid groups (broad SMARTS) is 1. The maximum absolute atomic E-state index is 9.90. The lowest BCUT2D eigenvalue weighted by atomic mass is 10.5. The molecule has 0 bridgehead atoms. The van der Waals surface area contributed by atoms with Gasteiger partial charge in [0.1, 0.15) is 1.41 Å². The molecule has 0 aliphatic heterocycles. The van der Waals surface area contributed by atoms with Crippen LogP contribution in [0.4, 0.5) is 0 Å². The fraction of sp³-hybridized carbons (Fsp3) is 0.800. The summed E-state index contributed by atoms with van der Waals surface area (Å²) in [6, 6.07) is 0. The van der Waals surface area contributed by atoms with Crippen LogP contribution in [0, 0.1) is 0 Å². The summed E-state index contributed by atoms with van der Waals surface area (Å²) in [6.45, 7) is 1.04. The molecule has 0 saturated carbocycles. The molecule has 4 nitrogen and oxygen atoms in total. The van der Waals surface area contributed by atoms with Gasteiger partial charge in [0.05, 0.1) is 19.6 Å². The van der Waals surface area contributed by atoms with Gasteiger partial charge in [-0.3, -0.25) is 4.79 Å². The Morgan fingerprint density at radius 2 is 2.56 bits per heavy atom. The third-order valence-corrected chi connectivity index (χ3v) is 0.707. The normalized spacial score (nSPS) is 10.9. The molecule has 4 heteroatoms. The number of carboxylic acids is 1. The van der Waals surface area contributed by atoms with Gasteiger partial charge in [-0.05, 0) is 0 Å². The largest absolute Gasteiger partial charge is 0.481 e. The minimum Gasteiger partial charge on any atom is -0.481 e. The molecule has 0 heterocycles. The first-order valence-corrected chi connectivity index (χ1v) is 2.71. The molecule has 54 valence electrons. The van der Waals surface area contributed by atoms with Gasteiger partial charge in [0.15, 0.2) is 0 Å². The Hall–Kier alpha value is -0.610. The Morgan fingerprint density at radius 3 is 3.11 bits per heavy atom. The van der Waals surface area contributed by atoms with Crippen molar-refractivity contribution in [1.82, 2.24) is 0 Å². The van der Waals surface area contributed by atoms with E-state index in [4.69, 9.17) is 11.3 Å². The van der Waals surface area contributed by atoms with Crippen molar-refractivity contribution in [3.63, 3.8) is 0 Å². The number of hydrogen-bond donors (Lipinski definition) is 2. The molecular formula is C5H11NO3. The molecule has 9 heavy (non-hydrogen) atoms. The van der Waals surface area contributed by atoms with Crippen molar-refractivity contribution in [2.45, 2.75) is 6.42 Å². The number of carbonyl (C=O) groups is 1. The molecule has 0 aliphatic rings. The molecule has 0 amide bonds. The number of aliphatic carboxylic acids is 1. The number of ether oxygens (including phenoxy) is 1. The van der Waals surface area contributed by atoms with E-state index in [-0.39, 0.29) is 13.0 Å². The highest BCUT2D eigenvalue weighted by molar-refractivity contribution is 5.66. The third-order valence-electron chi connectivity index (χ3n) is 0.707. The van der Waals surface area contributed by atoms with E-state index in [1.807, 2.05) is 0 Å². The predicted molar refractivity (Wildman–Crippen MR) is 32.1 cm³/mol. The average Bonchev–Trinajstić information content (AvgIpc) is 1.87. The lowest BCUT2D eigenvalue weighted by molar-refractivity contribution is -0.138. The molecule has 3 N–H and O–H groups in total. The highest BCUT2D eigenvalue weighted by atomic mass is 16.5. The van der Waals surface area contributed by atoms with Crippen LogP contribution in [0.25, 0.3) is 0 Å². The summed E-state index contributed by atoms with van der Waals surface area (Å²) in [4.78, 5) is 9.90. The highest BCUT2D eigenvalue weighted by Gasteiger charge is 1.93. The lowest BCUT2D eigenvalue weighted by Crippen LogP contribution is -2.10. The second-order valence-electron chi connectivity index (χ2n) is 1.51. The first-order chi connectivity index (χ1) is 4.77. The zero-order chi connectivity index (χ0) is 7.82. The fourth-order valence-electron chi connectivity index (χ4n) is 0.334. The SMILES string of the molecule is [2H]NCCOCCC(=O)O. The molecule has 0 spiro atoms. The zero-order valence-corrected chi connectivity index (χ0v) is 5.09. The maximum Gasteiger partial charge on any atom is 0.305 e. The molecule has 0 saturated heterocycles. The third kappa shape index (κ3) is 7.39. The molecule has 0 aromatic carbocycles. The predicted octanol–water partition coefficient (Wildman–Crippen LogP) is -0.564.